The Kier molecular flexibility index (Phi) is 4.28. The second kappa shape index (κ2) is 5.75. The molecule has 2 rings (SSSR count). The van der Waals surface area contributed by atoms with E-state index in [2.05, 4.69) is 6.07 Å². The number of halogens is 1. The predicted molar refractivity (Wildman–Crippen MR) is 75.3 cm³/mol. The summed E-state index contributed by atoms with van der Waals surface area (Å²) in [5, 5.41) is 0. The Balaban J connectivity index is 2.15. The zero-order chi connectivity index (χ0) is 13.1. The van der Waals surface area contributed by atoms with E-state index >= 15 is 0 Å². The lowest BCUT2D eigenvalue weighted by Crippen LogP contribution is -2.40. The molecule has 0 aliphatic carbocycles. The van der Waals surface area contributed by atoms with Gasteiger partial charge < -0.3 is 4.90 Å². The van der Waals surface area contributed by atoms with E-state index in [9.17, 15) is 4.79 Å². The van der Waals surface area contributed by atoms with Gasteiger partial charge in [0.1, 0.15) is 0 Å². The molecule has 0 N–H and O–H groups in total. The number of hydrogen-bond donors (Lipinski definition) is 0. The summed E-state index contributed by atoms with van der Waals surface area (Å²) < 4.78 is 0. The average Bonchev–Trinajstić information content (AvgIpc) is 2.37. The highest BCUT2D eigenvalue weighted by molar-refractivity contribution is 6.18. The Morgan fingerprint density at radius 3 is 2.61 bits per heavy atom. The molecule has 1 aromatic carbocycles. The molecule has 1 unspecified atom stereocenters. The summed E-state index contributed by atoms with van der Waals surface area (Å²) in [4.78, 5) is 14.4. The minimum atomic E-state index is 0.150. The summed E-state index contributed by atoms with van der Waals surface area (Å²) in [5.41, 5.74) is 3.09. The number of amides is 1. The van der Waals surface area contributed by atoms with Gasteiger partial charge in [-0.3, -0.25) is 4.79 Å². The second-order valence-electron chi connectivity index (χ2n) is 5.29. The van der Waals surface area contributed by atoms with Crippen LogP contribution in [0.5, 0.6) is 0 Å². The van der Waals surface area contributed by atoms with Gasteiger partial charge in [0.2, 0.25) is 0 Å². The van der Waals surface area contributed by atoms with Crippen molar-refractivity contribution in [3.8, 4) is 0 Å². The molecule has 1 heterocycles. The van der Waals surface area contributed by atoms with Crippen molar-refractivity contribution in [1.29, 1.82) is 0 Å². The fraction of sp³-hybridized carbons (Fsp3) is 0.533. The number of rotatable bonds is 2. The molecule has 0 saturated carbocycles. The molecule has 1 aliphatic rings. The quantitative estimate of drug-likeness (QED) is 0.751. The van der Waals surface area contributed by atoms with E-state index in [0.717, 1.165) is 42.6 Å². The van der Waals surface area contributed by atoms with Gasteiger partial charge in [-0.05, 0) is 44.7 Å². The minimum absolute atomic E-state index is 0.150. The first-order valence-electron chi connectivity index (χ1n) is 6.53. The summed E-state index contributed by atoms with van der Waals surface area (Å²) >= 11 is 5.91. The third kappa shape index (κ3) is 3.05. The van der Waals surface area contributed by atoms with Crippen LogP contribution in [0.3, 0.4) is 0 Å². The van der Waals surface area contributed by atoms with Crippen LogP contribution in [0.25, 0.3) is 0 Å². The van der Waals surface area contributed by atoms with Crippen molar-refractivity contribution in [2.24, 2.45) is 5.92 Å². The molecule has 3 heteroatoms. The molecule has 1 saturated heterocycles. The molecule has 0 bridgehead atoms. The van der Waals surface area contributed by atoms with Gasteiger partial charge in [0.05, 0.1) is 0 Å². The van der Waals surface area contributed by atoms with E-state index in [0.29, 0.717) is 11.8 Å². The Hall–Kier alpha value is -1.02. The molecule has 1 fully saturated rings. The summed E-state index contributed by atoms with van der Waals surface area (Å²) in [6, 6.07) is 6.04. The molecule has 0 aromatic heterocycles. The maximum atomic E-state index is 12.4. The Labute approximate surface area is 114 Å². The van der Waals surface area contributed by atoms with Crippen LogP contribution in [-0.4, -0.2) is 29.8 Å². The van der Waals surface area contributed by atoms with E-state index in [1.165, 1.54) is 0 Å². The maximum absolute atomic E-state index is 12.4. The van der Waals surface area contributed by atoms with Crippen LogP contribution < -0.4 is 0 Å². The van der Waals surface area contributed by atoms with Crippen molar-refractivity contribution in [3.63, 3.8) is 0 Å². The fourth-order valence-corrected chi connectivity index (χ4v) is 2.91. The average molecular weight is 266 g/mol. The number of alkyl halides is 1. The van der Waals surface area contributed by atoms with E-state index in [4.69, 9.17) is 11.6 Å². The number of aryl methyl sites for hydroxylation is 2. The molecule has 0 radical (unpaired) electrons. The van der Waals surface area contributed by atoms with E-state index < -0.39 is 0 Å². The standard InChI is InChI=1S/C15H20ClNO/c1-11-6-12(2)8-14(7-11)15(18)17-5-3-4-13(9-16)10-17/h6-8,13H,3-5,9-10H2,1-2H3. The molecular formula is C15H20ClNO. The van der Waals surface area contributed by atoms with Crippen LogP contribution in [0.15, 0.2) is 18.2 Å². The number of likely N-dealkylation sites (tertiary alicyclic amines) is 1. The molecule has 2 nitrogen and oxygen atoms in total. The maximum Gasteiger partial charge on any atom is 0.253 e. The zero-order valence-electron chi connectivity index (χ0n) is 11.1. The van der Waals surface area contributed by atoms with Gasteiger partial charge >= 0.3 is 0 Å². The van der Waals surface area contributed by atoms with Gasteiger partial charge in [0.15, 0.2) is 0 Å². The largest absolute Gasteiger partial charge is 0.338 e. The molecule has 98 valence electrons. The van der Waals surface area contributed by atoms with E-state index in [1.807, 2.05) is 30.9 Å². The Morgan fingerprint density at radius 1 is 1.33 bits per heavy atom. The van der Waals surface area contributed by atoms with Crippen molar-refractivity contribution in [2.75, 3.05) is 19.0 Å². The minimum Gasteiger partial charge on any atom is -0.338 e. The van der Waals surface area contributed by atoms with Gasteiger partial charge in [0, 0.05) is 24.5 Å². The molecule has 0 spiro atoms. The number of hydrogen-bond acceptors (Lipinski definition) is 1. The summed E-state index contributed by atoms with van der Waals surface area (Å²) in [5.74, 6) is 1.25. The van der Waals surface area contributed by atoms with Gasteiger partial charge in [0.25, 0.3) is 5.91 Å². The molecule has 18 heavy (non-hydrogen) atoms. The molecular weight excluding hydrogens is 246 g/mol. The van der Waals surface area contributed by atoms with E-state index in [1.54, 1.807) is 0 Å². The predicted octanol–water partition coefficient (Wildman–Crippen LogP) is 3.39. The fourth-order valence-electron chi connectivity index (χ4n) is 2.66. The number of piperidine rings is 1. The van der Waals surface area contributed by atoms with Crippen LogP contribution in [0.2, 0.25) is 0 Å². The molecule has 1 aromatic rings. The molecule has 1 atom stereocenters. The number of carbonyl (C=O) groups is 1. The van der Waals surface area contributed by atoms with Crippen LogP contribution in [0.1, 0.15) is 34.3 Å². The van der Waals surface area contributed by atoms with Gasteiger partial charge in [-0.25, -0.2) is 0 Å². The highest BCUT2D eigenvalue weighted by Crippen LogP contribution is 2.20. The Morgan fingerprint density at radius 2 is 2.00 bits per heavy atom. The lowest BCUT2D eigenvalue weighted by atomic mass is 9.98. The first-order valence-corrected chi connectivity index (χ1v) is 7.07. The highest BCUT2D eigenvalue weighted by atomic mass is 35.5. The molecule has 1 amide bonds. The van der Waals surface area contributed by atoms with Crippen LogP contribution in [-0.2, 0) is 0 Å². The lowest BCUT2D eigenvalue weighted by Gasteiger charge is -2.32. The number of nitrogens with zero attached hydrogens (tertiary/aromatic N) is 1. The van der Waals surface area contributed by atoms with Crippen molar-refractivity contribution < 1.29 is 4.79 Å². The normalized spacial score (nSPS) is 19.9. The summed E-state index contributed by atoms with van der Waals surface area (Å²) in [6.45, 7) is 5.72. The van der Waals surface area contributed by atoms with Crippen molar-refractivity contribution in [1.82, 2.24) is 4.90 Å². The first-order chi connectivity index (χ1) is 8.60. The van der Waals surface area contributed by atoms with E-state index in [-0.39, 0.29) is 5.91 Å². The van der Waals surface area contributed by atoms with Crippen molar-refractivity contribution >= 4 is 17.5 Å². The third-order valence-electron chi connectivity index (χ3n) is 3.49. The third-order valence-corrected chi connectivity index (χ3v) is 3.93. The van der Waals surface area contributed by atoms with Crippen molar-refractivity contribution in [2.45, 2.75) is 26.7 Å². The number of benzene rings is 1. The van der Waals surface area contributed by atoms with Gasteiger partial charge in [-0.2, -0.15) is 0 Å². The monoisotopic (exact) mass is 265 g/mol. The summed E-state index contributed by atoms with van der Waals surface area (Å²) in [6.07, 6.45) is 2.20. The Bertz CT molecular complexity index is 424. The molecule has 1 aliphatic heterocycles. The van der Waals surface area contributed by atoms with Crippen LogP contribution in [0.4, 0.5) is 0 Å². The lowest BCUT2D eigenvalue weighted by molar-refractivity contribution is 0.0684. The number of carbonyl (C=O) groups excluding carboxylic acids is 1. The SMILES string of the molecule is Cc1cc(C)cc(C(=O)N2CCCC(CCl)C2)c1. The second-order valence-corrected chi connectivity index (χ2v) is 5.60. The van der Waals surface area contributed by atoms with Crippen LogP contribution >= 0.6 is 11.6 Å². The van der Waals surface area contributed by atoms with Gasteiger partial charge in [-0.1, -0.05) is 17.2 Å². The van der Waals surface area contributed by atoms with Gasteiger partial charge in [-0.15, -0.1) is 11.6 Å². The zero-order valence-corrected chi connectivity index (χ0v) is 11.8. The summed E-state index contributed by atoms with van der Waals surface area (Å²) in [7, 11) is 0. The highest BCUT2D eigenvalue weighted by Gasteiger charge is 2.24. The first kappa shape index (κ1) is 13.4. The van der Waals surface area contributed by atoms with Crippen molar-refractivity contribution in [3.05, 3.63) is 34.9 Å². The van der Waals surface area contributed by atoms with Crippen LogP contribution in [0, 0.1) is 19.8 Å². The topological polar surface area (TPSA) is 20.3 Å². The smallest absolute Gasteiger partial charge is 0.253 e.